The Hall–Kier alpha value is -3.15. The summed E-state index contributed by atoms with van der Waals surface area (Å²) in [4.78, 5) is 36.3. The van der Waals surface area contributed by atoms with E-state index in [0.717, 1.165) is 23.1 Å². The van der Waals surface area contributed by atoms with Gasteiger partial charge in [0.25, 0.3) is 11.8 Å². The maximum Gasteiger partial charge on any atom is 0.326 e. The summed E-state index contributed by atoms with van der Waals surface area (Å²) in [5.74, 6) is -1.48. The average molecular weight is 382 g/mol. The van der Waals surface area contributed by atoms with Gasteiger partial charge in [0.2, 0.25) is 0 Å². The van der Waals surface area contributed by atoms with E-state index in [1.807, 2.05) is 39.0 Å². The smallest absolute Gasteiger partial charge is 0.326 e. The number of carbonyl (C=O) groups excluding carboxylic acids is 3. The molecule has 0 radical (unpaired) electrons. The number of benzene rings is 2. The third-order valence-corrected chi connectivity index (χ3v) is 4.18. The molecule has 0 unspecified atom stereocenters. The molecule has 2 aromatic rings. The first kappa shape index (κ1) is 21.2. The zero-order chi connectivity index (χ0) is 20.7. The molecule has 2 N–H and O–H groups in total. The van der Waals surface area contributed by atoms with Crippen molar-refractivity contribution in [1.29, 1.82) is 0 Å². The Morgan fingerprint density at radius 1 is 1.00 bits per heavy atom. The second-order valence-corrected chi connectivity index (χ2v) is 6.73. The summed E-state index contributed by atoms with van der Waals surface area (Å²) in [6.07, 6.45) is -0.0627. The predicted molar refractivity (Wildman–Crippen MR) is 108 cm³/mol. The highest BCUT2D eigenvalue weighted by molar-refractivity contribution is 5.97. The van der Waals surface area contributed by atoms with Gasteiger partial charge in [-0.15, -0.1) is 0 Å². The second-order valence-electron chi connectivity index (χ2n) is 6.73. The number of hydrogen-bond donors (Lipinski definition) is 2. The number of hydrogen-bond acceptors (Lipinski definition) is 4. The molecular formula is C22H26N2O4. The lowest BCUT2D eigenvalue weighted by Crippen LogP contribution is -2.35. The van der Waals surface area contributed by atoms with Gasteiger partial charge in [0.1, 0.15) is 6.54 Å². The van der Waals surface area contributed by atoms with Crippen molar-refractivity contribution in [2.24, 2.45) is 0 Å². The van der Waals surface area contributed by atoms with Crippen LogP contribution in [0, 0.1) is 13.8 Å². The zero-order valence-corrected chi connectivity index (χ0v) is 16.7. The topological polar surface area (TPSA) is 84.5 Å². The Balaban J connectivity index is 1.82. The molecular weight excluding hydrogens is 356 g/mol. The van der Waals surface area contributed by atoms with Gasteiger partial charge in [-0.3, -0.25) is 14.4 Å². The van der Waals surface area contributed by atoms with E-state index in [1.54, 1.807) is 24.3 Å². The van der Waals surface area contributed by atoms with Crippen LogP contribution in [0.25, 0.3) is 0 Å². The second kappa shape index (κ2) is 9.69. The lowest BCUT2D eigenvalue weighted by atomic mass is 10.1. The van der Waals surface area contributed by atoms with Gasteiger partial charge in [0.15, 0.2) is 6.10 Å². The van der Waals surface area contributed by atoms with Crippen LogP contribution in [0.4, 0.5) is 5.69 Å². The van der Waals surface area contributed by atoms with Crippen molar-refractivity contribution in [3.63, 3.8) is 0 Å². The maximum absolute atomic E-state index is 12.2. The molecule has 0 aliphatic carbocycles. The molecule has 0 aromatic heterocycles. The van der Waals surface area contributed by atoms with Crippen LogP contribution in [0.3, 0.4) is 0 Å². The molecule has 2 aromatic carbocycles. The van der Waals surface area contributed by atoms with Crippen LogP contribution < -0.4 is 10.6 Å². The van der Waals surface area contributed by atoms with E-state index < -0.39 is 18.0 Å². The van der Waals surface area contributed by atoms with Crippen molar-refractivity contribution in [3.8, 4) is 0 Å². The molecule has 6 heteroatoms. The summed E-state index contributed by atoms with van der Waals surface area (Å²) in [5.41, 5.74) is 4.20. The minimum atomic E-state index is -0.975. The highest BCUT2D eigenvalue weighted by atomic mass is 16.5. The third-order valence-electron chi connectivity index (χ3n) is 4.18. The van der Waals surface area contributed by atoms with Gasteiger partial charge in [-0.1, -0.05) is 36.2 Å². The molecule has 2 rings (SSSR count). The molecule has 0 fully saturated rings. The Morgan fingerprint density at radius 2 is 1.61 bits per heavy atom. The Kier molecular flexibility index (Phi) is 7.32. The van der Waals surface area contributed by atoms with Crippen LogP contribution in [0.1, 0.15) is 40.9 Å². The van der Waals surface area contributed by atoms with E-state index in [2.05, 4.69) is 10.6 Å². The van der Waals surface area contributed by atoms with Crippen molar-refractivity contribution in [3.05, 3.63) is 64.7 Å². The van der Waals surface area contributed by atoms with Crippen LogP contribution in [0.15, 0.2) is 42.5 Å². The first-order valence-corrected chi connectivity index (χ1v) is 9.24. The van der Waals surface area contributed by atoms with Crippen molar-refractivity contribution < 1.29 is 19.1 Å². The van der Waals surface area contributed by atoms with Gasteiger partial charge in [-0.2, -0.15) is 0 Å². The number of esters is 1. The zero-order valence-electron chi connectivity index (χ0n) is 16.7. The van der Waals surface area contributed by atoms with E-state index in [1.165, 1.54) is 6.92 Å². The summed E-state index contributed by atoms with van der Waals surface area (Å²) in [6.45, 7) is 7.02. The van der Waals surface area contributed by atoms with Gasteiger partial charge in [-0.05, 0) is 57.0 Å². The summed E-state index contributed by atoms with van der Waals surface area (Å²) in [6, 6.07) is 12.9. The molecule has 0 aliphatic rings. The number of nitrogens with one attached hydrogen (secondary N) is 2. The molecule has 6 nitrogen and oxygen atoms in total. The highest BCUT2D eigenvalue weighted by Gasteiger charge is 2.18. The lowest BCUT2D eigenvalue weighted by Gasteiger charge is -2.14. The highest BCUT2D eigenvalue weighted by Crippen LogP contribution is 2.11. The first-order chi connectivity index (χ1) is 13.3. The Bertz CT molecular complexity index is 839. The lowest BCUT2D eigenvalue weighted by molar-refractivity contribution is -0.152. The molecule has 28 heavy (non-hydrogen) atoms. The summed E-state index contributed by atoms with van der Waals surface area (Å²) in [5, 5.41) is 5.21. The van der Waals surface area contributed by atoms with Crippen molar-refractivity contribution in [2.75, 3.05) is 11.9 Å². The van der Waals surface area contributed by atoms with Gasteiger partial charge in [0.05, 0.1) is 0 Å². The van der Waals surface area contributed by atoms with E-state index >= 15 is 0 Å². The van der Waals surface area contributed by atoms with E-state index in [4.69, 9.17) is 4.74 Å². The normalized spacial score (nSPS) is 11.4. The monoisotopic (exact) mass is 382 g/mol. The van der Waals surface area contributed by atoms with Crippen LogP contribution in [-0.4, -0.2) is 30.4 Å². The summed E-state index contributed by atoms with van der Waals surface area (Å²) >= 11 is 0. The molecule has 148 valence electrons. The number of rotatable bonds is 7. The molecule has 0 spiro atoms. The minimum absolute atomic E-state index is 0.311. The predicted octanol–water partition coefficient (Wildman–Crippen LogP) is 3.17. The number of carbonyl (C=O) groups is 3. The van der Waals surface area contributed by atoms with Crippen LogP contribution >= 0.6 is 0 Å². The van der Waals surface area contributed by atoms with Gasteiger partial charge < -0.3 is 15.4 Å². The van der Waals surface area contributed by atoms with Crippen molar-refractivity contribution in [1.82, 2.24) is 5.32 Å². The maximum atomic E-state index is 12.2. The molecule has 0 bridgehead atoms. The standard InChI is InChI=1S/C22H26N2O4/c1-5-17-6-8-19(9-7-17)24-21(26)16(4)28-20(25)13-23-22(27)18-11-14(2)10-15(3)12-18/h6-12,16H,5,13H2,1-4H3,(H,23,27)(H,24,26)/t16-/m0/s1. The van der Waals surface area contributed by atoms with E-state index in [9.17, 15) is 14.4 Å². The van der Waals surface area contributed by atoms with Gasteiger partial charge in [-0.25, -0.2) is 0 Å². The number of amides is 2. The number of ether oxygens (including phenoxy) is 1. The fourth-order valence-corrected chi connectivity index (χ4v) is 2.72. The molecule has 0 saturated heterocycles. The van der Waals surface area contributed by atoms with Gasteiger partial charge >= 0.3 is 5.97 Å². The molecule has 0 aliphatic heterocycles. The Morgan fingerprint density at radius 3 is 2.18 bits per heavy atom. The Labute approximate surface area is 165 Å². The summed E-state index contributed by atoms with van der Waals surface area (Å²) in [7, 11) is 0. The molecule has 1 atom stereocenters. The average Bonchev–Trinajstić information content (AvgIpc) is 2.65. The summed E-state index contributed by atoms with van der Waals surface area (Å²) < 4.78 is 5.10. The first-order valence-electron chi connectivity index (χ1n) is 9.24. The largest absolute Gasteiger partial charge is 0.451 e. The third kappa shape index (κ3) is 6.23. The van der Waals surface area contributed by atoms with Gasteiger partial charge in [0, 0.05) is 11.3 Å². The SMILES string of the molecule is CCc1ccc(NC(=O)[C@H](C)OC(=O)CNC(=O)c2cc(C)cc(C)c2)cc1. The minimum Gasteiger partial charge on any atom is -0.451 e. The van der Waals surface area contributed by atoms with Crippen LogP contribution in [-0.2, 0) is 20.7 Å². The van der Waals surface area contributed by atoms with Crippen molar-refractivity contribution in [2.45, 2.75) is 40.2 Å². The quantitative estimate of drug-likeness (QED) is 0.721. The molecule has 0 saturated carbocycles. The van der Waals surface area contributed by atoms with Crippen LogP contribution in [0.2, 0.25) is 0 Å². The molecule has 0 heterocycles. The fraction of sp³-hybridized carbons (Fsp3) is 0.318. The van der Waals surface area contributed by atoms with E-state index in [-0.39, 0.29) is 12.5 Å². The molecule has 2 amide bonds. The van der Waals surface area contributed by atoms with Crippen LogP contribution in [0.5, 0.6) is 0 Å². The van der Waals surface area contributed by atoms with Crippen molar-refractivity contribution >= 4 is 23.5 Å². The van der Waals surface area contributed by atoms with E-state index in [0.29, 0.717) is 11.3 Å². The fourth-order valence-electron chi connectivity index (χ4n) is 2.72. The number of aryl methyl sites for hydroxylation is 3. The number of anilines is 1.